The van der Waals surface area contributed by atoms with Crippen LogP contribution in [0.1, 0.15) is 50.7 Å². The Morgan fingerprint density at radius 2 is 2.27 bits per heavy atom. The van der Waals surface area contributed by atoms with Gasteiger partial charge in [0.1, 0.15) is 5.82 Å². The Bertz CT molecular complexity index is 831. The molecule has 4 aliphatic heterocycles. The number of ether oxygens (including phenoxy) is 2. The molecule has 0 aliphatic carbocycles. The zero-order chi connectivity index (χ0) is 20.8. The predicted octanol–water partition coefficient (Wildman–Crippen LogP) is 3.66. The highest BCUT2D eigenvalue weighted by atomic mass is 79.9. The lowest BCUT2D eigenvalue weighted by atomic mass is 10.0. The van der Waals surface area contributed by atoms with Gasteiger partial charge in [-0.1, -0.05) is 35.9 Å². The minimum atomic E-state index is -0.486. The largest absolute Gasteiger partial charge is 0.340 e. The second-order valence-electron chi connectivity index (χ2n) is 8.48. The summed E-state index contributed by atoms with van der Waals surface area (Å²) in [6.45, 7) is 5.12. The smallest absolute Gasteiger partial charge is 0.240 e. The second-order valence-corrected chi connectivity index (χ2v) is 12.9. The summed E-state index contributed by atoms with van der Waals surface area (Å²) >= 11 is 7.66. The number of fused-ring (bicyclic) bond motifs is 1. The first kappa shape index (κ1) is 21.3. The summed E-state index contributed by atoms with van der Waals surface area (Å²) in [5, 5.41) is 4.40. The maximum Gasteiger partial charge on any atom is 0.240 e. The van der Waals surface area contributed by atoms with Gasteiger partial charge in [0.05, 0.1) is 28.1 Å². The van der Waals surface area contributed by atoms with Gasteiger partial charge in [0.25, 0.3) is 0 Å². The Labute approximate surface area is 193 Å². The molecule has 5 rings (SSSR count). The van der Waals surface area contributed by atoms with Crippen molar-refractivity contribution in [3.63, 3.8) is 0 Å². The molecule has 5 heterocycles. The lowest BCUT2D eigenvalue weighted by molar-refractivity contribution is -0.335. The van der Waals surface area contributed by atoms with Crippen molar-refractivity contribution in [2.24, 2.45) is 5.92 Å². The number of carbonyl (C=O) groups excluding carboxylic acids is 1. The van der Waals surface area contributed by atoms with Crippen LogP contribution in [0.4, 0.5) is 0 Å². The van der Waals surface area contributed by atoms with E-state index in [1.54, 1.807) is 0 Å². The fourth-order valence-corrected chi connectivity index (χ4v) is 8.86. The molecule has 0 aromatic carbocycles. The molecule has 2 N–H and O–H groups in total. The van der Waals surface area contributed by atoms with E-state index in [4.69, 9.17) is 9.47 Å². The Kier molecular flexibility index (Phi) is 6.25. The van der Waals surface area contributed by atoms with Crippen LogP contribution in [0.25, 0.3) is 4.91 Å². The molecule has 0 saturated carbocycles. The molecule has 1 aromatic rings. The standard InChI is InChI=1S/C20H27BrN4O3S2/c1-10(2)17(24-20-27-9-28-20)19(26)25-5-3-4-12(25)18-22-8-11(23-18)13-6-14-15(29-13)7-16(21)30-14/h6,8,10,12,14-17,20,24H,3-5,7,9H2,1-2H3,(H,22,23)/t12-,14?,15?,16?,17-/m0/s1. The van der Waals surface area contributed by atoms with Crippen LogP contribution in [-0.2, 0) is 14.3 Å². The molecule has 1 amide bonds. The molecule has 5 atom stereocenters. The number of nitrogens with one attached hydrogen (secondary N) is 2. The average Bonchev–Trinajstić information content (AvgIpc) is 3.41. The van der Waals surface area contributed by atoms with E-state index in [0.29, 0.717) is 14.7 Å². The van der Waals surface area contributed by atoms with Crippen molar-refractivity contribution in [2.45, 2.75) is 66.3 Å². The molecule has 7 nitrogen and oxygen atoms in total. The van der Waals surface area contributed by atoms with Crippen molar-refractivity contribution in [3.8, 4) is 0 Å². The second kappa shape index (κ2) is 8.78. The Morgan fingerprint density at radius 1 is 1.43 bits per heavy atom. The number of halogens is 1. The lowest BCUT2D eigenvalue weighted by Crippen LogP contribution is -2.56. The van der Waals surface area contributed by atoms with Crippen molar-refractivity contribution in [1.82, 2.24) is 20.2 Å². The van der Waals surface area contributed by atoms with Crippen LogP contribution in [0.15, 0.2) is 12.3 Å². The van der Waals surface area contributed by atoms with Gasteiger partial charge < -0.3 is 19.4 Å². The Balaban J connectivity index is 1.29. The van der Waals surface area contributed by atoms with E-state index in [-0.39, 0.29) is 30.7 Å². The quantitative estimate of drug-likeness (QED) is 0.560. The molecule has 0 radical (unpaired) electrons. The van der Waals surface area contributed by atoms with Crippen LogP contribution >= 0.6 is 39.5 Å². The van der Waals surface area contributed by atoms with Gasteiger partial charge in [-0.25, -0.2) is 4.98 Å². The SMILES string of the molecule is CC(C)[C@H](NC1OCO1)C(=O)N1CCC[C@H]1c1ncc(C2=CC3SC(Br)CC3S2)[nH]1. The summed E-state index contributed by atoms with van der Waals surface area (Å²) in [6, 6.07) is -0.350. The molecule has 3 saturated heterocycles. The third-order valence-electron chi connectivity index (χ3n) is 6.08. The highest BCUT2D eigenvalue weighted by Crippen LogP contribution is 2.53. The monoisotopic (exact) mass is 514 g/mol. The number of alkyl halides is 1. The van der Waals surface area contributed by atoms with Crippen LogP contribution in [0.5, 0.6) is 0 Å². The van der Waals surface area contributed by atoms with Crippen LogP contribution in [-0.4, -0.2) is 61.2 Å². The van der Waals surface area contributed by atoms with Gasteiger partial charge in [0, 0.05) is 21.9 Å². The average molecular weight is 515 g/mol. The zero-order valence-electron chi connectivity index (χ0n) is 17.0. The van der Waals surface area contributed by atoms with Crippen molar-refractivity contribution >= 4 is 50.3 Å². The van der Waals surface area contributed by atoms with Crippen molar-refractivity contribution in [3.05, 3.63) is 23.8 Å². The summed E-state index contributed by atoms with van der Waals surface area (Å²) in [7, 11) is 0. The number of carbonyl (C=O) groups is 1. The molecular formula is C20H27BrN4O3S2. The number of thioether (sulfide) groups is 2. The van der Waals surface area contributed by atoms with Crippen LogP contribution in [0.3, 0.4) is 0 Å². The molecule has 3 unspecified atom stereocenters. The normalized spacial score (nSPS) is 32.4. The topological polar surface area (TPSA) is 79.5 Å². The summed E-state index contributed by atoms with van der Waals surface area (Å²) in [5.74, 6) is 1.11. The highest BCUT2D eigenvalue weighted by Gasteiger charge is 2.40. The zero-order valence-corrected chi connectivity index (χ0v) is 20.3. The number of H-pyrrole nitrogens is 1. The Morgan fingerprint density at radius 3 is 2.97 bits per heavy atom. The fourth-order valence-electron chi connectivity index (χ4n) is 4.45. The summed E-state index contributed by atoms with van der Waals surface area (Å²) in [6.07, 6.45) is 6.91. The van der Waals surface area contributed by atoms with E-state index in [1.165, 1.54) is 11.3 Å². The minimum Gasteiger partial charge on any atom is -0.340 e. The lowest BCUT2D eigenvalue weighted by Gasteiger charge is -2.35. The number of likely N-dealkylation sites (tertiary alicyclic amines) is 1. The van der Waals surface area contributed by atoms with Crippen LogP contribution < -0.4 is 5.32 Å². The number of aromatic nitrogens is 2. The number of aromatic amines is 1. The van der Waals surface area contributed by atoms with Crippen molar-refractivity contribution < 1.29 is 14.3 Å². The minimum absolute atomic E-state index is 0.00896. The number of hydrogen-bond acceptors (Lipinski definition) is 7. The van der Waals surface area contributed by atoms with E-state index in [9.17, 15) is 4.79 Å². The molecular weight excluding hydrogens is 488 g/mol. The molecule has 4 aliphatic rings. The van der Waals surface area contributed by atoms with Gasteiger partial charge in [0.15, 0.2) is 6.79 Å². The summed E-state index contributed by atoms with van der Waals surface area (Å²) in [4.78, 5) is 24.8. The number of rotatable bonds is 6. The van der Waals surface area contributed by atoms with Gasteiger partial charge in [-0.05, 0) is 25.2 Å². The van der Waals surface area contributed by atoms with Gasteiger partial charge in [-0.15, -0.1) is 23.5 Å². The van der Waals surface area contributed by atoms with E-state index in [2.05, 4.69) is 37.3 Å². The molecule has 3 fully saturated rings. The summed E-state index contributed by atoms with van der Waals surface area (Å²) < 4.78 is 11.2. The van der Waals surface area contributed by atoms with E-state index in [1.807, 2.05) is 48.5 Å². The fraction of sp³-hybridized carbons (Fsp3) is 0.700. The number of hydrogen-bond donors (Lipinski definition) is 2. The van der Waals surface area contributed by atoms with E-state index >= 15 is 0 Å². The maximum atomic E-state index is 13.4. The Hall–Kier alpha value is -0.520. The van der Waals surface area contributed by atoms with Crippen LogP contribution in [0, 0.1) is 5.92 Å². The van der Waals surface area contributed by atoms with Gasteiger partial charge in [-0.3, -0.25) is 10.1 Å². The molecule has 1 aromatic heterocycles. The van der Waals surface area contributed by atoms with E-state index < -0.39 is 6.41 Å². The number of amides is 1. The van der Waals surface area contributed by atoms with Gasteiger partial charge in [0.2, 0.25) is 12.3 Å². The highest BCUT2D eigenvalue weighted by molar-refractivity contribution is 9.11. The predicted molar refractivity (Wildman–Crippen MR) is 123 cm³/mol. The first-order valence-electron chi connectivity index (χ1n) is 10.5. The third kappa shape index (κ3) is 4.11. The third-order valence-corrected chi connectivity index (χ3v) is 9.94. The summed E-state index contributed by atoms with van der Waals surface area (Å²) in [5.41, 5.74) is 1.07. The van der Waals surface area contributed by atoms with Crippen molar-refractivity contribution in [1.29, 1.82) is 0 Å². The number of imidazole rings is 1. The van der Waals surface area contributed by atoms with Crippen LogP contribution in [0.2, 0.25) is 0 Å². The number of nitrogens with zero attached hydrogens (tertiary/aromatic N) is 2. The molecule has 164 valence electrons. The van der Waals surface area contributed by atoms with Crippen molar-refractivity contribution in [2.75, 3.05) is 13.3 Å². The molecule has 30 heavy (non-hydrogen) atoms. The van der Waals surface area contributed by atoms with Gasteiger partial charge >= 0.3 is 0 Å². The first-order chi connectivity index (χ1) is 14.5. The maximum absolute atomic E-state index is 13.4. The molecule has 10 heteroatoms. The van der Waals surface area contributed by atoms with E-state index in [0.717, 1.165) is 30.9 Å². The molecule has 0 bridgehead atoms. The molecule has 0 spiro atoms. The van der Waals surface area contributed by atoms with Gasteiger partial charge in [-0.2, -0.15) is 0 Å². The first-order valence-corrected chi connectivity index (χ1v) is 13.3.